The summed E-state index contributed by atoms with van der Waals surface area (Å²) < 4.78 is 39.1. The lowest BCUT2D eigenvalue weighted by Gasteiger charge is -2.12. The first-order chi connectivity index (χ1) is 16.7. The fourth-order valence-electron chi connectivity index (χ4n) is 3.42. The Balaban J connectivity index is 1.73. The third kappa shape index (κ3) is 6.17. The van der Waals surface area contributed by atoms with Crippen LogP contribution < -0.4 is 4.74 Å². The smallest absolute Gasteiger partial charge is 0.266 e. The highest BCUT2D eigenvalue weighted by Crippen LogP contribution is 2.35. The number of hydrogen-bond donors (Lipinski definition) is 1. The Hall–Kier alpha value is -2.99. The largest absolute Gasteiger partial charge is 0.494 e. The number of benzene rings is 2. The van der Waals surface area contributed by atoms with Crippen LogP contribution in [0.3, 0.4) is 0 Å². The predicted molar refractivity (Wildman–Crippen MR) is 141 cm³/mol. The quantitative estimate of drug-likeness (QED) is 0.247. The van der Waals surface area contributed by atoms with Crippen LogP contribution in [-0.2, 0) is 14.9 Å². The molecule has 0 spiro atoms. The van der Waals surface area contributed by atoms with Crippen LogP contribution in [-0.4, -0.2) is 56.8 Å². The maximum atomic E-state index is 13.0. The van der Waals surface area contributed by atoms with Crippen molar-refractivity contribution in [3.63, 3.8) is 0 Å². The number of rotatable bonds is 9. The first-order valence-corrected chi connectivity index (χ1v) is 13.7. The van der Waals surface area contributed by atoms with Gasteiger partial charge in [-0.05, 0) is 36.8 Å². The maximum absolute atomic E-state index is 13.0. The average Bonchev–Trinajstić information content (AvgIpc) is 3.37. The second-order valence-corrected chi connectivity index (χ2v) is 11.0. The van der Waals surface area contributed by atoms with E-state index in [4.69, 9.17) is 26.6 Å². The minimum absolute atomic E-state index is 0.214. The van der Waals surface area contributed by atoms with Crippen molar-refractivity contribution in [1.29, 1.82) is 0 Å². The SMILES string of the molecule is CCCOc1cccc(-c2nn(-c3ccccc3)cc2/C=C2\SC(=S)N(CCS(=O)(=O)O)C2=O)c1. The lowest BCUT2D eigenvalue weighted by molar-refractivity contribution is -0.121. The normalized spacial score (nSPS) is 15.3. The second kappa shape index (κ2) is 10.7. The number of carbonyl (C=O) groups excluding carboxylic acids is 1. The minimum Gasteiger partial charge on any atom is -0.494 e. The average molecular weight is 530 g/mol. The van der Waals surface area contributed by atoms with Crippen molar-refractivity contribution < 1.29 is 22.5 Å². The van der Waals surface area contributed by atoms with Gasteiger partial charge in [0.2, 0.25) is 0 Å². The Labute approximate surface area is 213 Å². The highest BCUT2D eigenvalue weighted by molar-refractivity contribution is 8.26. The molecule has 0 radical (unpaired) electrons. The molecule has 35 heavy (non-hydrogen) atoms. The molecule has 2 aromatic carbocycles. The first-order valence-electron chi connectivity index (χ1n) is 10.8. The first kappa shape index (κ1) is 25.1. The van der Waals surface area contributed by atoms with Crippen LogP contribution >= 0.6 is 24.0 Å². The van der Waals surface area contributed by atoms with Gasteiger partial charge in [0.25, 0.3) is 16.0 Å². The van der Waals surface area contributed by atoms with Crippen molar-refractivity contribution in [1.82, 2.24) is 14.7 Å². The van der Waals surface area contributed by atoms with Gasteiger partial charge in [-0.25, -0.2) is 4.68 Å². The molecule has 3 aromatic rings. The molecule has 0 atom stereocenters. The summed E-state index contributed by atoms with van der Waals surface area (Å²) in [5, 5.41) is 4.78. The monoisotopic (exact) mass is 529 g/mol. The van der Waals surface area contributed by atoms with Gasteiger partial charge in [0.05, 0.1) is 23.0 Å². The molecule has 1 aromatic heterocycles. The van der Waals surface area contributed by atoms with Gasteiger partial charge in [-0.3, -0.25) is 14.2 Å². The fraction of sp³-hybridized carbons (Fsp3) is 0.208. The molecule has 2 heterocycles. The van der Waals surface area contributed by atoms with Crippen molar-refractivity contribution in [2.45, 2.75) is 13.3 Å². The van der Waals surface area contributed by atoms with Crippen molar-refractivity contribution in [2.24, 2.45) is 0 Å². The number of nitrogens with zero attached hydrogens (tertiary/aromatic N) is 3. The Morgan fingerprint density at radius 2 is 1.94 bits per heavy atom. The molecule has 182 valence electrons. The van der Waals surface area contributed by atoms with E-state index in [1.165, 1.54) is 4.90 Å². The van der Waals surface area contributed by atoms with Crippen molar-refractivity contribution in [2.75, 3.05) is 18.9 Å². The third-order valence-electron chi connectivity index (χ3n) is 5.08. The summed E-state index contributed by atoms with van der Waals surface area (Å²) in [5.41, 5.74) is 3.02. The Kier molecular flexibility index (Phi) is 7.70. The van der Waals surface area contributed by atoms with E-state index in [2.05, 4.69) is 0 Å². The van der Waals surface area contributed by atoms with E-state index < -0.39 is 21.8 Å². The van der Waals surface area contributed by atoms with Crippen LogP contribution in [0.1, 0.15) is 18.9 Å². The lowest BCUT2D eigenvalue weighted by atomic mass is 10.1. The van der Waals surface area contributed by atoms with Gasteiger partial charge < -0.3 is 4.74 Å². The summed E-state index contributed by atoms with van der Waals surface area (Å²) >= 11 is 6.36. The molecule has 0 unspecified atom stereocenters. The van der Waals surface area contributed by atoms with Crippen LogP contribution in [0.15, 0.2) is 65.7 Å². The molecular weight excluding hydrogens is 506 g/mol. The number of thiocarbonyl (C=S) groups is 1. The standard InChI is InChI=1S/C24H23N3O5S3/c1-2-12-32-20-10-6-7-17(14-20)22-18(16-27(25-22)19-8-4-3-5-9-19)15-21-23(28)26(24(33)34-21)11-13-35(29,30)31/h3-10,14-16H,2,11-13H2,1H3,(H,29,30,31)/b21-15-. The summed E-state index contributed by atoms with van der Waals surface area (Å²) in [7, 11) is -4.22. The molecule has 11 heteroatoms. The van der Waals surface area contributed by atoms with Crippen LogP contribution in [0.4, 0.5) is 0 Å². The predicted octanol–water partition coefficient (Wildman–Crippen LogP) is 4.42. The molecule has 0 saturated carbocycles. The number of amides is 1. The summed E-state index contributed by atoms with van der Waals surface area (Å²) in [6.07, 6.45) is 4.42. The van der Waals surface area contributed by atoms with Gasteiger partial charge in [-0.2, -0.15) is 13.5 Å². The summed E-state index contributed by atoms with van der Waals surface area (Å²) in [6, 6.07) is 17.2. The van der Waals surface area contributed by atoms with Crippen molar-refractivity contribution in [3.8, 4) is 22.7 Å². The number of aromatic nitrogens is 2. The minimum atomic E-state index is -4.22. The summed E-state index contributed by atoms with van der Waals surface area (Å²) in [6.45, 7) is 2.42. The zero-order chi connectivity index (χ0) is 25.0. The third-order valence-corrected chi connectivity index (χ3v) is 7.15. The number of para-hydroxylation sites is 1. The molecule has 1 aliphatic rings. The summed E-state index contributed by atoms with van der Waals surface area (Å²) in [5.74, 6) is -0.280. The van der Waals surface area contributed by atoms with Crippen LogP contribution in [0.25, 0.3) is 23.0 Å². The molecule has 1 N–H and O–H groups in total. The molecule has 1 aliphatic heterocycles. The van der Waals surface area contributed by atoms with Gasteiger partial charge in [-0.15, -0.1) is 0 Å². The molecular formula is C24H23N3O5S3. The number of carbonyl (C=O) groups is 1. The van der Waals surface area contributed by atoms with E-state index in [0.29, 0.717) is 22.8 Å². The van der Waals surface area contributed by atoms with E-state index in [0.717, 1.165) is 35.2 Å². The van der Waals surface area contributed by atoms with Gasteiger partial charge in [0.1, 0.15) is 15.8 Å². The van der Waals surface area contributed by atoms with E-state index in [9.17, 15) is 13.2 Å². The lowest BCUT2D eigenvalue weighted by Crippen LogP contribution is -2.32. The number of hydrogen-bond acceptors (Lipinski definition) is 7. The molecule has 4 rings (SSSR count). The molecule has 0 bridgehead atoms. The van der Waals surface area contributed by atoms with E-state index in [1.54, 1.807) is 10.8 Å². The van der Waals surface area contributed by atoms with Gasteiger partial charge in [0, 0.05) is 23.9 Å². The van der Waals surface area contributed by atoms with Gasteiger partial charge in [-0.1, -0.05) is 61.2 Å². The molecule has 1 amide bonds. The Morgan fingerprint density at radius 3 is 2.66 bits per heavy atom. The number of thioether (sulfide) groups is 1. The molecule has 1 fully saturated rings. The zero-order valence-electron chi connectivity index (χ0n) is 18.8. The highest BCUT2D eigenvalue weighted by Gasteiger charge is 2.33. The van der Waals surface area contributed by atoms with E-state index in [-0.39, 0.29) is 10.9 Å². The van der Waals surface area contributed by atoms with E-state index >= 15 is 0 Å². The molecule has 1 saturated heterocycles. The van der Waals surface area contributed by atoms with Crippen LogP contribution in [0, 0.1) is 0 Å². The maximum Gasteiger partial charge on any atom is 0.266 e. The van der Waals surface area contributed by atoms with Gasteiger partial charge in [0.15, 0.2) is 0 Å². The Bertz CT molecular complexity index is 1380. The van der Waals surface area contributed by atoms with Crippen molar-refractivity contribution >= 4 is 50.4 Å². The zero-order valence-corrected chi connectivity index (χ0v) is 21.3. The van der Waals surface area contributed by atoms with Crippen LogP contribution in [0.2, 0.25) is 0 Å². The Morgan fingerprint density at radius 1 is 1.17 bits per heavy atom. The number of ether oxygens (including phenoxy) is 1. The van der Waals surface area contributed by atoms with E-state index in [1.807, 2.05) is 67.7 Å². The van der Waals surface area contributed by atoms with Crippen molar-refractivity contribution in [3.05, 3.63) is 71.3 Å². The fourth-order valence-corrected chi connectivity index (χ4v) is 5.14. The summed E-state index contributed by atoms with van der Waals surface area (Å²) in [4.78, 5) is 14.5. The van der Waals surface area contributed by atoms with Crippen LogP contribution in [0.5, 0.6) is 5.75 Å². The van der Waals surface area contributed by atoms with Gasteiger partial charge >= 0.3 is 0 Å². The molecule has 8 nitrogen and oxygen atoms in total. The molecule has 0 aliphatic carbocycles. The second-order valence-electron chi connectivity index (χ2n) is 7.71. The highest BCUT2D eigenvalue weighted by atomic mass is 32.2. The topological polar surface area (TPSA) is 102 Å².